The largest absolute Gasteiger partial charge is 0.350 e. The monoisotopic (exact) mass is 285 g/mol. The van der Waals surface area contributed by atoms with Crippen molar-refractivity contribution in [1.29, 1.82) is 0 Å². The summed E-state index contributed by atoms with van der Waals surface area (Å²) in [5.41, 5.74) is 1.86. The van der Waals surface area contributed by atoms with Crippen LogP contribution in [0.25, 0.3) is 10.9 Å². The number of hydrogen-bond donors (Lipinski definition) is 1. The lowest BCUT2D eigenvalue weighted by atomic mass is 10.1. The molecule has 0 amide bonds. The standard InChI is InChI=1S/C15H15N3OS/c1-18-10-11(8-16-9-12-6-7-17-20-12)15(19)13-4-2-3-5-14(13)18/h2-7,10,16H,8-9H2,1H3. The van der Waals surface area contributed by atoms with E-state index in [1.165, 1.54) is 16.4 Å². The van der Waals surface area contributed by atoms with E-state index in [0.717, 1.165) is 23.0 Å². The summed E-state index contributed by atoms with van der Waals surface area (Å²) in [7, 11) is 1.97. The van der Waals surface area contributed by atoms with Crippen molar-refractivity contribution >= 4 is 22.4 Å². The third kappa shape index (κ3) is 2.50. The second kappa shape index (κ2) is 5.56. The Morgan fingerprint density at radius 1 is 1.25 bits per heavy atom. The van der Waals surface area contributed by atoms with E-state index in [1.807, 2.05) is 48.1 Å². The molecule has 0 aliphatic rings. The number of rotatable bonds is 4. The summed E-state index contributed by atoms with van der Waals surface area (Å²) >= 11 is 1.47. The number of nitrogens with one attached hydrogen (secondary N) is 1. The number of nitrogens with zero attached hydrogens (tertiary/aromatic N) is 2. The average Bonchev–Trinajstić information content (AvgIpc) is 2.97. The van der Waals surface area contributed by atoms with E-state index in [4.69, 9.17) is 0 Å². The molecule has 102 valence electrons. The number of aryl methyl sites for hydroxylation is 1. The van der Waals surface area contributed by atoms with Crippen LogP contribution in [0.2, 0.25) is 0 Å². The van der Waals surface area contributed by atoms with Crippen molar-refractivity contribution in [2.45, 2.75) is 13.1 Å². The van der Waals surface area contributed by atoms with E-state index in [9.17, 15) is 4.79 Å². The molecular formula is C15H15N3OS. The zero-order valence-electron chi connectivity index (χ0n) is 11.2. The minimum absolute atomic E-state index is 0.107. The fourth-order valence-corrected chi connectivity index (χ4v) is 2.83. The molecule has 0 spiro atoms. The maximum Gasteiger partial charge on any atom is 0.193 e. The fourth-order valence-electron chi connectivity index (χ4n) is 2.29. The Bertz CT molecular complexity index is 777. The molecule has 0 fully saturated rings. The molecule has 0 atom stereocenters. The Labute approximate surface area is 120 Å². The van der Waals surface area contributed by atoms with Gasteiger partial charge in [-0.1, -0.05) is 12.1 Å². The van der Waals surface area contributed by atoms with Crippen LogP contribution in [0.4, 0.5) is 0 Å². The van der Waals surface area contributed by atoms with Gasteiger partial charge in [-0.25, -0.2) is 4.37 Å². The van der Waals surface area contributed by atoms with Crippen molar-refractivity contribution in [2.75, 3.05) is 0 Å². The Kier molecular flexibility index (Phi) is 3.62. The quantitative estimate of drug-likeness (QED) is 0.800. The predicted molar refractivity (Wildman–Crippen MR) is 81.8 cm³/mol. The van der Waals surface area contributed by atoms with Crippen LogP contribution in [-0.2, 0) is 20.1 Å². The van der Waals surface area contributed by atoms with Crippen LogP contribution in [0.3, 0.4) is 0 Å². The highest BCUT2D eigenvalue weighted by molar-refractivity contribution is 7.05. The number of benzene rings is 1. The molecule has 0 aliphatic carbocycles. The lowest BCUT2D eigenvalue weighted by Gasteiger charge is -2.09. The van der Waals surface area contributed by atoms with E-state index < -0.39 is 0 Å². The van der Waals surface area contributed by atoms with Crippen molar-refractivity contribution in [1.82, 2.24) is 14.3 Å². The Hall–Kier alpha value is -1.98. The maximum atomic E-state index is 12.4. The highest BCUT2D eigenvalue weighted by atomic mass is 32.1. The van der Waals surface area contributed by atoms with E-state index in [1.54, 1.807) is 6.20 Å². The van der Waals surface area contributed by atoms with Crippen LogP contribution >= 0.6 is 11.5 Å². The van der Waals surface area contributed by atoms with Gasteiger partial charge in [0.15, 0.2) is 5.43 Å². The maximum absolute atomic E-state index is 12.4. The van der Waals surface area contributed by atoms with Crippen LogP contribution < -0.4 is 10.7 Å². The fraction of sp³-hybridized carbons (Fsp3) is 0.200. The average molecular weight is 285 g/mol. The molecule has 0 aliphatic heterocycles. The molecule has 3 rings (SSSR count). The first-order valence-corrected chi connectivity index (χ1v) is 7.20. The Morgan fingerprint density at radius 3 is 2.90 bits per heavy atom. The zero-order chi connectivity index (χ0) is 13.9. The van der Waals surface area contributed by atoms with Crippen molar-refractivity contribution < 1.29 is 0 Å². The Balaban J connectivity index is 1.85. The van der Waals surface area contributed by atoms with E-state index in [0.29, 0.717) is 6.54 Å². The summed E-state index contributed by atoms with van der Waals surface area (Å²) in [4.78, 5) is 13.6. The summed E-state index contributed by atoms with van der Waals surface area (Å²) in [5.74, 6) is 0. The number of pyridine rings is 1. The van der Waals surface area contributed by atoms with Crippen molar-refractivity contribution in [2.24, 2.45) is 7.05 Å². The van der Waals surface area contributed by atoms with Crippen LogP contribution in [0.15, 0.2) is 47.5 Å². The number of para-hydroxylation sites is 1. The van der Waals surface area contributed by atoms with Gasteiger partial charge in [0.05, 0.1) is 5.52 Å². The van der Waals surface area contributed by atoms with Gasteiger partial charge in [-0.15, -0.1) is 0 Å². The van der Waals surface area contributed by atoms with Gasteiger partial charge in [-0.2, -0.15) is 0 Å². The summed E-state index contributed by atoms with van der Waals surface area (Å²) < 4.78 is 6.06. The molecule has 1 aromatic carbocycles. The molecule has 0 unspecified atom stereocenters. The zero-order valence-corrected chi connectivity index (χ0v) is 12.0. The Morgan fingerprint density at radius 2 is 2.10 bits per heavy atom. The summed E-state index contributed by atoms with van der Waals surface area (Å²) in [6.07, 6.45) is 3.70. The van der Waals surface area contributed by atoms with Crippen LogP contribution in [-0.4, -0.2) is 8.94 Å². The molecule has 0 bridgehead atoms. The lowest BCUT2D eigenvalue weighted by Crippen LogP contribution is -2.20. The van der Waals surface area contributed by atoms with Crippen molar-refractivity contribution in [3.05, 3.63) is 63.4 Å². The molecule has 1 N–H and O–H groups in total. The molecular weight excluding hydrogens is 270 g/mol. The minimum Gasteiger partial charge on any atom is -0.350 e. The smallest absolute Gasteiger partial charge is 0.193 e. The molecule has 0 radical (unpaired) electrons. The van der Waals surface area contributed by atoms with Gasteiger partial charge in [0.1, 0.15) is 0 Å². The molecule has 0 saturated heterocycles. The van der Waals surface area contributed by atoms with Gasteiger partial charge in [0.25, 0.3) is 0 Å². The molecule has 5 heteroatoms. The summed E-state index contributed by atoms with van der Waals surface area (Å²) in [6, 6.07) is 9.67. The van der Waals surface area contributed by atoms with Gasteiger partial charge in [0, 0.05) is 48.4 Å². The highest BCUT2D eigenvalue weighted by Crippen LogP contribution is 2.10. The minimum atomic E-state index is 0.107. The van der Waals surface area contributed by atoms with Gasteiger partial charge in [-0.05, 0) is 29.7 Å². The first kappa shape index (κ1) is 13.0. The van der Waals surface area contributed by atoms with E-state index in [2.05, 4.69) is 9.69 Å². The number of aromatic nitrogens is 2. The summed E-state index contributed by atoms with van der Waals surface area (Å²) in [6.45, 7) is 1.30. The first-order chi connectivity index (χ1) is 9.75. The second-order valence-corrected chi connectivity index (χ2v) is 5.61. The predicted octanol–water partition coefficient (Wildman–Crippen LogP) is 2.28. The third-order valence-corrected chi connectivity index (χ3v) is 4.02. The van der Waals surface area contributed by atoms with Gasteiger partial charge < -0.3 is 9.88 Å². The van der Waals surface area contributed by atoms with Crippen molar-refractivity contribution in [3.63, 3.8) is 0 Å². The molecule has 0 saturated carbocycles. The first-order valence-electron chi connectivity index (χ1n) is 6.43. The van der Waals surface area contributed by atoms with Crippen molar-refractivity contribution in [3.8, 4) is 0 Å². The van der Waals surface area contributed by atoms with Crippen LogP contribution in [0.1, 0.15) is 10.4 Å². The van der Waals surface area contributed by atoms with Gasteiger partial charge >= 0.3 is 0 Å². The number of hydrogen-bond acceptors (Lipinski definition) is 4. The van der Waals surface area contributed by atoms with Gasteiger partial charge in [-0.3, -0.25) is 4.79 Å². The van der Waals surface area contributed by atoms with E-state index in [-0.39, 0.29) is 5.43 Å². The highest BCUT2D eigenvalue weighted by Gasteiger charge is 2.06. The lowest BCUT2D eigenvalue weighted by molar-refractivity contribution is 0.692. The van der Waals surface area contributed by atoms with Gasteiger partial charge in [0.2, 0.25) is 0 Å². The summed E-state index contributed by atoms with van der Waals surface area (Å²) in [5, 5.41) is 4.06. The van der Waals surface area contributed by atoms with Crippen LogP contribution in [0, 0.1) is 0 Å². The normalized spacial score (nSPS) is 11.1. The molecule has 2 heterocycles. The molecule has 20 heavy (non-hydrogen) atoms. The number of fused-ring (bicyclic) bond motifs is 1. The molecule has 2 aromatic heterocycles. The topological polar surface area (TPSA) is 46.9 Å². The third-order valence-electron chi connectivity index (χ3n) is 3.28. The second-order valence-electron chi connectivity index (χ2n) is 4.69. The SMILES string of the molecule is Cn1cc(CNCc2ccns2)c(=O)c2ccccc21. The molecule has 3 aromatic rings. The van der Waals surface area contributed by atoms with E-state index >= 15 is 0 Å². The molecule has 4 nitrogen and oxygen atoms in total. The van der Waals surface area contributed by atoms with Crippen LogP contribution in [0.5, 0.6) is 0 Å².